The number of hydrogen-bond acceptors (Lipinski definition) is 6. The van der Waals surface area contributed by atoms with E-state index in [9.17, 15) is 4.79 Å². The van der Waals surface area contributed by atoms with Crippen LogP contribution in [0.4, 0.5) is 5.69 Å². The van der Waals surface area contributed by atoms with Gasteiger partial charge in [-0.1, -0.05) is 29.4 Å². The zero-order valence-corrected chi connectivity index (χ0v) is 15.6. The van der Waals surface area contributed by atoms with Crippen molar-refractivity contribution in [3.05, 3.63) is 53.6 Å². The van der Waals surface area contributed by atoms with E-state index in [-0.39, 0.29) is 11.7 Å². The van der Waals surface area contributed by atoms with Gasteiger partial charge in [-0.2, -0.15) is 4.68 Å². The summed E-state index contributed by atoms with van der Waals surface area (Å²) in [6.45, 7) is 0. The molecule has 25 heavy (non-hydrogen) atoms. The molecule has 2 aromatic carbocycles. The third kappa shape index (κ3) is 4.75. The average Bonchev–Trinajstić information content (AvgIpc) is 3.09. The van der Waals surface area contributed by atoms with Crippen LogP contribution >= 0.6 is 35.1 Å². The molecule has 0 aliphatic rings. The van der Waals surface area contributed by atoms with Crippen molar-refractivity contribution in [3.63, 3.8) is 0 Å². The zero-order chi connectivity index (χ0) is 17.6. The standard InChI is InChI=1S/C16H14ClN5OS2/c1-24-14-4-2-3-12(9-14)18-15(23)10-25-16-19-20-21-22(16)13-7-5-11(17)6-8-13/h2-9H,10H2,1H3,(H,18,23). The Labute approximate surface area is 158 Å². The van der Waals surface area contributed by atoms with Crippen molar-refractivity contribution in [1.29, 1.82) is 0 Å². The Morgan fingerprint density at radius 2 is 2.04 bits per heavy atom. The van der Waals surface area contributed by atoms with E-state index < -0.39 is 0 Å². The number of carbonyl (C=O) groups is 1. The van der Waals surface area contributed by atoms with Crippen molar-refractivity contribution in [3.8, 4) is 5.69 Å². The lowest BCUT2D eigenvalue weighted by Gasteiger charge is -2.07. The summed E-state index contributed by atoms with van der Waals surface area (Å²) in [6.07, 6.45) is 1.99. The van der Waals surface area contributed by atoms with E-state index >= 15 is 0 Å². The number of carbonyl (C=O) groups excluding carboxylic acids is 1. The number of thioether (sulfide) groups is 2. The number of aromatic nitrogens is 4. The van der Waals surface area contributed by atoms with Gasteiger partial charge in [0.2, 0.25) is 11.1 Å². The maximum atomic E-state index is 12.2. The van der Waals surface area contributed by atoms with Gasteiger partial charge < -0.3 is 5.32 Å². The molecule has 0 fully saturated rings. The molecule has 0 aliphatic heterocycles. The number of tetrazole rings is 1. The molecule has 1 N–H and O–H groups in total. The summed E-state index contributed by atoms with van der Waals surface area (Å²) in [5, 5.41) is 15.7. The predicted molar refractivity (Wildman–Crippen MR) is 102 cm³/mol. The third-order valence-electron chi connectivity index (χ3n) is 3.20. The molecule has 0 bridgehead atoms. The number of nitrogens with zero attached hydrogens (tertiary/aromatic N) is 4. The van der Waals surface area contributed by atoms with Crippen LogP contribution in [0.15, 0.2) is 58.6 Å². The molecule has 9 heteroatoms. The Morgan fingerprint density at radius 3 is 2.80 bits per heavy atom. The van der Waals surface area contributed by atoms with Gasteiger partial charge in [-0.05, 0) is 59.1 Å². The van der Waals surface area contributed by atoms with Gasteiger partial charge in [0.25, 0.3) is 0 Å². The van der Waals surface area contributed by atoms with Crippen LogP contribution in [0.1, 0.15) is 0 Å². The Balaban J connectivity index is 1.63. The molecule has 1 aromatic heterocycles. The third-order valence-corrected chi connectivity index (χ3v) is 5.09. The number of anilines is 1. The lowest BCUT2D eigenvalue weighted by Crippen LogP contribution is -2.14. The highest BCUT2D eigenvalue weighted by Gasteiger charge is 2.12. The minimum atomic E-state index is -0.117. The number of amides is 1. The lowest BCUT2D eigenvalue weighted by molar-refractivity contribution is -0.113. The van der Waals surface area contributed by atoms with Gasteiger partial charge in [-0.3, -0.25) is 4.79 Å². The molecule has 1 heterocycles. The van der Waals surface area contributed by atoms with Gasteiger partial charge in [0.15, 0.2) is 0 Å². The first kappa shape index (κ1) is 17.8. The minimum Gasteiger partial charge on any atom is -0.325 e. The highest BCUT2D eigenvalue weighted by Crippen LogP contribution is 2.21. The highest BCUT2D eigenvalue weighted by atomic mass is 35.5. The average molecular weight is 392 g/mol. The number of halogens is 1. The first-order valence-corrected chi connectivity index (χ1v) is 9.85. The van der Waals surface area contributed by atoms with E-state index in [2.05, 4.69) is 20.8 Å². The van der Waals surface area contributed by atoms with E-state index in [1.807, 2.05) is 42.7 Å². The first-order valence-electron chi connectivity index (χ1n) is 7.27. The van der Waals surface area contributed by atoms with E-state index in [1.165, 1.54) is 11.8 Å². The van der Waals surface area contributed by atoms with Gasteiger partial charge in [0, 0.05) is 15.6 Å². The molecule has 0 unspecified atom stereocenters. The van der Waals surface area contributed by atoms with E-state index in [0.29, 0.717) is 10.2 Å². The summed E-state index contributed by atoms with van der Waals surface area (Å²) in [6, 6.07) is 14.9. The summed E-state index contributed by atoms with van der Waals surface area (Å²) in [7, 11) is 0. The number of hydrogen-bond donors (Lipinski definition) is 1. The Bertz CT molecular complexity index is 869. The highest BCUT2D eigenvalue weighted by molar-refractivity contribution is 7.99. The fourth-order valence-electron chi connectivity index (χ4n) is 2.04. The van der Waals surface area contributed by atoms with Crippen molar-refractivity contribution in [2.75, 3.05) is 17.3 Å². The molecule has 0 saturated heterocycles. The molecule has 0 saturated carbocycles. The second-order valence-corrected chi connectivity index (χ2v) is 7.18. The van der Waals surface area contributed by atoms with Crippen molar-refractivity contribution >= 4 is 46.7 Å². The van der Waals surface area contributed by atoms with Gasteiger partial charge in [-0.25, -0.2) is 0 Å². The van der Waals surface area contributed by atoms with Gasteiger partial charge in [0.05, 0.1) is 11.4 Å². The normalized spacial score (nSPS) is 10.6. The largest absolute Gasteiger partial charge is 0.325 e. The van der Waals surface area contributed by atoms with Crippen LogP contribution in [-0.2, 0) is 4.79 Å². The first-order chi connectivity index (χ1) is 12.2. The fraction of sp³-hybridized carbons (Fsp3) is 0.125. The van der Waals surface area contributed by atoms with Crippen LogP contribution in [0.3, 0.4) is 0 Å². The number of rotatable bonds is 6. The summed E-state index contributed by atoms with van der Waals surface area (Å²) >= 11 is 8.79. The molecule has 0 radical (unpaired) electrons. The zero-order valence-electron chi connectivity index (χ0n) is 13.2. The summed E-state index contributed by atoms with van der Waals surface area (Å²) < 4.78 is 1.57. The molecule has 0 spiro atoms. The van der Waals surface area contributed by atoms with Crippen molar-refractivity contribution < 1.29 is 4.79 Å². The Hall–Kier alpha value is -2.03. The van der Waals surface area contributed by atoms with Gasteiger partial charge >= 0.3 is 0 Å². The van der Waals surface area contributed by atoms with Crippen LogP contribution < -0.4 is 5.32 Å². The van der Waals surface area contributed by atoms with E-state index in [1.54, 1.807) is 28.6 Å². The van der Waals surface area contributed by atoms with Crippen LogP contribution in [0.25, 0.3) is 5.69 Å². The molecule has 1 amide bonds. The van der Waals surface area contributed by atoms with E-state index in [4.69, 9.17) is 11.6 Å². The lowest BCUT2D eigenvalue weighted by atomic mass is 10.3. The Kier molecular flexibility index (Phi) is 5.95. The SMILES string of the molecule is CSc1cccc(NC(=O)CSc2nnnn2-c2ccc(Cl)cc2)c1. The molecule has 0 aliphatic carbocycles. The molecule has 6 nitrogen and oxygen atoms in total. The Morgan fingerprint density at radius 1 is 1.24 bits per heavy atom. The molecule has 3 aromatic rings. The number of nitrogens with one attached hydrogen (secondary N) is 1. The monoisotopic (exact) mass is 391 g/mol. The fourth-order valence-corrected chi connectivity index (χ4v) is 3.32. The van der Waals surface area contributed by atoms with Gasteiger partial charge in [0.1, 0.15) is 0 Å². The topological polar surface area (TPSA) is 72.7 Å². The van der Waals surface area contributed by atoms with Gasteiger partial charge in [-0.15, -0.1) is 16.9 Å². The summed E-state index contributed by atoms with van der Waals surface area (Å²) in [5.74, 6) is 0.0891. The minimum absolute atomic E-state index is 0.117. The van der Waals surface area contributed by atoms with Crippen molar-refractivity contribution in [2.24, 2.45) is 0 Å². The maximum absolute atomic E-state index is 12.2. The summed E-state index contributed by atoms with van der Waals surface area (Å²) in [4.78, 5) is 13.3. The molecule has 3 rings (SSSR count). The van der Waals surface area contributed by atoms with Crippen LogP contribution in [0.2, 0.25) is 5.02 Å². The van der Waals surface area contributed by atoms with Crippen molar-refractivity contribution in [1.82, 2.24) is 20.2 Å². The van der Waals surface area contributed by atoms with Crippen LogP contribution in [0.5, 0.6) is 0 Å². The smallest absolute Gasteiger partial charge is 0.234 e. The molecule has 128 valence electrons. The quantitative estimate of drug-likeness (QED) is 0.645. The number of benzene rings is 2. The molecule has 0 atom stereocenters. The summed E-state index contributed by atoms with van der Waals surface area (Å²) in [5.41, 5.74) is 1.56. The maximum Gasteiger partial charge on any atom is 0.234 e. The van der Waals surface area contributed by atoms with E-state index in [0.717, 1.165) is 16.3 Å². The van der Waals surface area contributed by atoms with Crippen LogP contribution in [0, 0.1) is 0 Å². The van der Waals surface area contributed by atoms with Crippen LogP contribution in [-0.4, -0.2) is 38.1 Å². The second kappa shape index (κ2) is 8.37. The second-order valence-electron chi connectivity index (χ2n) is 4.92. The molecular formula is C16H14ClN5OS2. The molecular weight excluding hydrogens is 378 g/mol. The van der Waals surface area contributed by atoms with Crippen molar-refractivity contribution in [2.45, 2.75) is 10.1 Å². The predicted octanol–water partition coefficient (Wildman–Crippen LogP) is 3.77.